The van der Waals surface area contributed by atoms with Crippen LogP contribution in [0.5, 0.6) is 5.75 Å². The lowest BCUT2D eigenvalue weighted by Gasteiger charge is -2.20. The first-order chi connectivity index (χ1) is 11.2. The molecule has 3 rings (SSSR count). The van der Waals surface area contributed by atoms with Crippen molar-refractivity contribution in [3.05, 3.63) is 82.9 Å². The van der Waals surface area contributed by atoms with Gasteiger partial charge in [0, 0.05) is 30.4 Å². The van der Waals surface area contributed by atoms with Crippen molar-refractivity contribution in [1.82, 2.24) is 9.55 Å². The maximum Gasteiger partial charge on any atom is 0.138 e. The molecule has 0 radical (unpaired) electrons. The molecule has 1 atom stereocenters. The summed E-state index contributed by atoms with van der Waals surface area (Å²) in [4.78, 5) is 4.07. The van der Waals surface area contributed by atoms with Gasteiger partial charge in [-0.15, -0.1) is 0 Å². The third kappa shape index (κ3) is 4.27. The Hall–Kier alpha value is -1.97. The maximum absolute atomic E-state index is 6.22. The van der Waals surface area contributed by atoms with Crippen molar-refractivity contribution in [2.45, 2.75) is 19.1 Å². The van der Waals surface area contributed by atoms with E-state index < -0.39 is 0 Å². The summed E-state index contributed by atoms with van der Waals surface area (Å²) < 4.78 is 8.19. The highest BCUT2D eigenvalue weighted by Gasteiger charge is 2.15. The Morgan fingerprint density at radius 2 is 1.83 bits per heavy atom. The Morgan fingerprint density at radius 1 is 1.04 bits per heavy atom. The molecule has 3 aromatic rings. The van der Waals surface area contributed by atoms with Gasteiger partial charge in [0.1, 0.15) is 11.9 Å². The Kier molecular flexibility index (Phi) is 5.21. The lowest BCUT2D eigenvalue weighted by atomic mass is 10.1. The molecule has 23 heavy (non-hydrogen) atoms. The van der Waals surface area contributed by atoms with Crippen LogP contribution in [0.2, 0.25) is 10.0 Å². The summed E-state index contributed by atoms with van der Waals surface area (Å²) in [5.74, 6) is 0.680. The summed E-state index contributed by atoms with van der Waals surface area (Å²) in [6, 6.07) is 15.2. The van der Waals surface area contributed by atoms with Gasteiger partial charge in [-0.3, -0.25) is 0 Å². The van der Waals surface area contributed by atoms with Crippen LogP contribution >= 0.6 is 23.2 Å². The van der Waals surface area contributed by atoms with Gasteiger partial charge >= 0.3 is 0 Å². The summed E-state index contributed by atoms with van der Waals surface area (Å²) in [5, 5.41) is 1.31. The lowest BCUT2D eigenvalue weighted by molar-refractivity contribution is 0.188. The molecule has 0 saturated carbocycles. The number of hydrogen-bond donors (Lipinski definition) is 0. The molecule has 0 N–H and O–H groups in total. The van der Waals surface area contributed by atoms with Gasteiger partial charge in [0.15, 0.2) is 0 Å². The van der Waals surface area contributed by atoms with E-state index in [4.69, 9.17) is 27.9 Å². The van der Waals surface area contributed by atoms with Gasteiger partial charge < -0.3 is 9.30 Å². The average molecular weight is 347 g/mol. The van der Waals surface area contributed by atoms with Gasteiger partial charge in [-0.25, -0.2) is 4.98 Å². The Balaban J connectivity index is 1.80. The number of halogens is 2. The number of benzene rings is 2. The first-order valence-corrected chi connectivity index (χ1v) is 8.10. The predicted molar refractivity (Wildman–Crippen MR) is 93.1 cm³/mol. The number of hydrogen-bond acceptors (Lipinski definition) is 2. The fourth-order valence-electron chi connectivity index (χ4n) is 2.35. The predicted octanol–water partition coefficient (Wildman–Crippen LogP) is 5.40. The van der Waals surface area contributed by atoms with Gasteiger partial charge in [0.05, 0.1) is 11.3 Å². The largest absolute Gasteiger partial charge is 0.484 e. The molecule has 0 saturated heterocycles. The number of aromatic nitrogens is 2. The molecule has 0 bridgehead atoms. The van der Waals surface area contributed by atoms with Crippen LogP contribution < -0.4 is 4.74 Å². The van der Waals surface area contributed by atoms with E-state index in [1.807, 2.05) is 59.3 Å². The zero-order valence-corrected chi connectivity index (χ0v) is 13.9. The van der Waals surface area contributed by atoms with Gasteiger partial charge in [0.25, 0.3) is 0 Å². The van der Waals surface area contributed by atoms with E-state index in [1.54, 1.807) is 12.5 Å². The lowest BCUT2D eigenvalue weighted by Crippen LogP contribution is -2.11. The zero-order chi connectivity index (χ0) is 16.1. The fraction of sp³-hybridized carbons (Fsp3) is 0.167. The molecule has 0 aliphatic heterocycles. The van der Waals surface area contributed by atoms with Crippen molar-refractivity contribution in [3.8, 4) is 5.75 Å². The van der Waals surface area contributed by atoms with Gasteiger partial charge in [-0.1, -0.05) is 47.5 Å². The van der Waals surface area contributed by atoms with Crippen LogP contribution in [-0.2, 0) is 6.54 Å². The molecule has 5 heteroatoms. The van der Waals surface area contributed by atoms with Crippen LogP contribution in [0.25, 0.3) is 0 Å². The summed E-state index contributed by atoms with van der Waals surface area (Å²) in [6.45, 7) is 0.803. The van der Waals surface area contributed by atoms with Gasteiger partial charge in [0.2, 0.25) is 0 Å². The van der Waals surface area contributed by atoms with Gasteiger partial charge in [-0.2, -0.15) is 0 Å². The molecule has 3 nitrogen and oxygen atoms in total. The van der Waals surface area contributed by atoms with E-state index in [2.05, 4.69) is 4.98 Å². The smallest absolute Gasteiger partial charge is 0.138 e. The number of imidazole rings is 1. The Morgan fingerprint density at radius 3 is 2.52 bits per heavy atom. The minimum absolute atomic E-state index is 0.116. The van der Waals surface area contributed by atoms with Crippen molar-refractivity contribution in [2.75, 3.05) is 0 Å². The van der Waals surface area contributed by atoms with E-state index in [0.29, 0.717) is 15.8 Å². The highest BCUT2D eigenvalue weighted by atomic mass is 35.5. The van der Waals surface area contributed by atoms with E-state index in [0.717, 1.165) is 18.5 Å². The van der Waals surface area contributed by atoms with E-state index in [-0.39, 0.29) is 6.10 Å². The number of aryl methyl sites for hydroxylation is 1. The first-order valence-electron chi connectivity index (χ1n) is 7.35. The second kappa shape index (κ2) is 7.53. The number of rotatable bonds is 6. The topological polar surface area (TPSA) is 27.1 Å². The molecule has 0 aliphatic rings. The molecular weight excluding hydrogens is 331 g/mol. The number of nitrogens with zero attached hydrogens (tertiary/aromatic N) is 2. The molecule has 0 aliphatic carbocycles. The monoisotopic (exact) mass is 346 g/mol. The van der Waals surface area contributed by atoms with E-state index in [9.17, 15) is 0 Å². The summed E-state index contributed by atoms with van der Waals surface area (Å²) in [5.41, 5.74) is 1.06. The van der Waals surface area contributed by atoms with Crippen LogP contribution in [0.15, 0.2) is 67.3 Å². The first kappa shape index (κ1) is 15.9. The van der Waals surface area contributed by atoms with Crippen LogP contribution in [0.4, 0.5) is 0 Å². The molecule has 0 spiro atoms. The van der Waals surface area contributed by atoms with Crippen molar-refractivity contribution >= 4 is 23.2 Å². The second-order valence-electron chi connectivity index (χ2n) is 5.18. The molecule has 118 valence electrons. The molecule has 0 amide bonds. The average Bonchev–Trinajstić information content (AvgIpc) is 3.07. The molecular formula is C18H16Cl2N2O. The summed E-state index contributed by atoms with van der Waals surface area (Å²) in [6.07, 6.45) is 6.19. The third-order valence-electron chi connectivity index (χ3n) is 3.56. The normalized spacial score (nSPS) is 12.1. The third-order valence-corrected chi connectivity index (χ3v) is 4.12. The SMILES string of the molecule is Clc1ccc([C@@H](CCn2ccnc2)Oc2ccccc2Cl)cc1. The standard InChI is InChI=1S/C18H16Cl2N2O/c19-15-7-5-14(6-8-15)17(9-11-22-12-10-21-13-22)23-18-4-2-1-3-16(18)20/h1-8,10,12-13,17H,9,11H2/t17-/m1/s1. The number of para-hydroxylation sites is 1. The minimum Gasteiger partial charge on any atom is -0.484 e. The molecule has 0 fully saturated rings. The highest BCUT2D eigenvalue weighted by molar-refractivity contribution is 6.32. The second-order valence-corrected chi connectivity index (χ2v) is 6.02. The fourth-order valence-corrected chi connectivity index (χ4v) is 2.66. The van der Waals surface area contributed by atoms with Crippen LogP contribution in [0, 0.1) is 0 Å². The van der Waals surface area contributed by atoms with Crippen molar-refractivity contribution < 1.29 is 4.74 Å². The maximum atomic E-state index is 6.22. The van der Waals surface area contributed by atoms with E-state index >= 15 is 0 Å². The quantitative estimate of drug-likeness (QED) is 0.597. The molecule has 1 heterocycles. The van der Waals surface area contributed by atoms with Crippen LogP contribution in [-0.4, -0.2) is 9.55 Å². The van der Waals surface area contributed by atoms with Crippen molar-refractivity contribution in [3.63, 3.8) is 0 Å². The number of ether oxygens (including phenoxy) is 1. The Labute approximate surface area is 145 Å². The zero-order valence-electron chi connectivity index (χ0n) is 12.4. The highest BCUT2D eigenvalue weighted by Crippen LogP contribution is 2.31. The van der Waals surface area contributed by atoms with Crippen molar-refractivity contribution in [1.29, 1.82) is 0 Å². The van der Waals surface area contributed by atoms with Crippen LogP contribution in [0.3, 0.4) is 0 Å². The van der Waals surface area contributed by atoms with Crippen molar-refractivity contribution in [2.24, 2.45) is 0 Å². The van der Waals surface area contributed by atoms with Crippen LogP contribution in [0.1, 0.15) is 18.1 Å². The molecule has 1 aromatic heterocycles. The Bertz CT molecular complexity index is 742. The van der Waals surface area contributed by atoms with E-state index in [1.165, 1.54) is 0 Å². The summed E-state index contributed by atoms with van der Waals surface area (Å²) in [7, 11) is 0. The van der Waals surface area contributed by atoms with Gasteiger partial charge in [-0.05, 0) is 29.8 Å². The molecule has 0 unspecified atom stereocenters. The molecule has 2 aromatic carbocycles. The summed E-state index contributed by atoms with van der Waals surface area (Å²) >= 11 is 12.2. The minimum atomic E-state index is -0.116.